The minimum absolute atomic E-state index is 0.336. The summed E-state index contributed by atoms with van der Waals surface area (Å²) in [5.41, 5.74) is 0. The molecule has 0 saturated carbocycles. The van der Waals surface area contributed by atoms with Crippen LogP contribution in [0.4, 0.5) is 11.6 Å². The van der Waals surface area contributed by atoms with Gasteiger partial charge in [0.1, 0.15) is 18.0 Å². The van der Waals surface area contributed by atoms with E-state index in [0.29, 0.717) is 24.2 Å². The fourth-order valence-electron chi connectivity index (χ4n) is 4.49. The van der Waals surface area contributed by atoms with E-state index in [-0.39, 0.29) is 0 Å². The number of hydrogen-bond acceptors (Lipinski definition) is 6. The van der Waals surface area contributed by atoms with Crippen molar-refractivity contribution < 1.29 is 4.79 Å². The molecule has 0 aliphatic carbocycles. The van der Waals surface area contributed by atoms with Gasteiger partial charge in [-0.2, -0.15) is 0 Å². The van der Waals surface area contributed by atoms with Crippen molar-refractivity contribution in [3.05, 3.63) is 12.4 Å². The van der Waals surface area contributed by atoms with Gasteiger partial charge in [-0.25, -0.2) is 9.97 Å². The molecule has 7 nitrogen and oxygen atoms in total. The summed E-state index contributed by atoms with van der Waals surface area (Å²) in [5, 5.41) is 3.26. The lowest BCUT2D eigenvalue weighted by atomic mass is 9.93. The number of rotatable bonds is 8. The second-order valence-electron chi connectivity index (χ2n) is 8.86. The number of nitrogens with zero attached hydrogens (tertiary/aromatic N) is 5. The summed E-state index contributed by atoms with van der Waals surface area (Å²) >= 11 is 0. The number of carbonyl (C=O) groups is 1. The molecule has 1 aromatic rings. The SMILES string of the molecule is CCNc1cc(N2CCC[C@H](CCC(=O)N3CCN(CC(C)C)CC3)C2)ncn1. The maximum absolute atomic E-state index is 12.7. The van der Waals surface area contributed by atoms with Gasteiger partial charge in [-0.15, -0.1) is 0 Å². The first-order valence-corrected chi connectivity index (χ1v) is 11.4. The molecule has 2 aliphatic heterocycles. The van der Waals surface area contributed by atoms with Crippen LogP contribution >= 0.6 is 0 Å². The molecular formula is C22H38N6O. The van der Waals surface area contributed by atoms with Gasteiger partial charge in [-0.1, -0.05) is 13.8 Å². The number of piperazine rings is 1. The molecule has 0 bridgehead atoms. The molecule has 1 N–H and O–H groups in total. The van der Waals surface area contributed by atoms with Gasteiger partial charge in [0.2, 0.25) is 5.91 Å². The molecule has 0 aromatic carbocycles. The summed E-state index contributed by atoms with van der Waals surface area (Å²) in [6.45, 7) is 14.4. The quantitative estimate of drug-likeness (QED) is 0.721. The fraction of sp³-hybridized carbons (Fsp3) is 0.773. The predicted octanol–water partition coefficient (Wildman–Crippen LogP) is 2.71. The minimum Gasteiger partial charge on any atom is -0.370 e. The van der Waals surface area contributed by atoms with Gasteiger partial charge in [-0.3, -0.25) is 9.69 Å². The molecule has 162 valence electrons. The van der Waals surface area contributed by atoms with Crippen molar-refractivity contribution in [2.75, 3.05) is 62.6 Å². The molecule has 3 heterocycles. The van der Waals surface area contributed by atoms with E-state index in [1.165, 1.54) is 6.42 Å². The Balaban J connectivity index is 1.44. The summed E-state index contributed by atoms with van der Waals surface area (Å²) in [5.74, 6) is 3.46. The predicted molar refractivity (Wildman–Crippen MR) is 118 cm³/mol. The second kappa shape index (κ2) is 10.8. The molecule has 0 spiro atoms. The summed E-state index contributed by atoms with van der Waals surface area (Å²) in [6, 6.07) is 2.04. The number of piperidine rings is 1. The Labute approximate surface area is 175 Å². The molecule has 1 amide bonds. The van der Waals surface area contributed by atoms with Crippen LogP contribution in [0, 0.1) is 11.8 Å². The Morgan fingerprint density at radius 2 is 2.00 bits per heavy atom. The monoisotopic (exact) mass is 402 g/mol. The van der Waals surface area contributed by atoms with Crippen molar-refractivity contribution in [3.8, 4) is 0 Å². The van der Waals surface area contributed by atoms with Crippen LogP contribution in [0.15, 0.2) is 12.4 Å². The van der Waals surface area contributed by atoms with Crippen LogP contribution < -0.4 is 10.2 Å². The minimum atomic E-state index is 0.336. The highest BCUT2D eigenvalue weighted by molar-refractivity contribution is 5.76. The molecule has 2 fully saturated rings. The third-order valence-corrected chi connectivity index (χ3v) is 5.97. The maximum Gasteiger partial charge on any atom is 0.222 e. The summed E-state index contributed by atoms with van der Waals surface area (Å²) in [7, 11) is 0. The van der Waals surface area contributed by atoms with Crippen molar-refractivity contribution in [1.29, 1.82) is 0 Å². The lowest BCUT2D eigenvalue weighted by Gasteiger charge is -2.36. The molecule has 1 atom stereocenters. The second-order valence-corrected chi connectivity index (χ2v) is 8.86. The number of anilines is 2. The van der Waals surface area contributed by atoms with Crippen LogP contribution in [0.3, 0.4) is 0 Å². The van der Waals surface area contributed by atoms with Crippen LogP contribution in [0.2, 0.25) is 0 Å². The average molecular weight is 403 g/mol. The largest absolute Gasteiger partial charge is 0.370 e. The van der Waals surface area contributed by atoms with Crippen LogP contribution in [0.1, 0.15) is 46.5 Å². The highest BCUT2D eigenvalue weighted by Gasteiger charge is 2.25. The number of carbonyl (C=O) groups excluding carboxylic acids is 1. The van der Waals surface area contributed by atoms with E-state index in [2.05, 4.69) is 50.8 Å². The molecule has 7 heteroatoms. The summed E-state index contributed by atoms with van der Waals surface area (Å²) < 4.78 is 0. The van der Waals surface area contributed by atoms with Gasteiger partial charge in [0.15, 0.2) is 0 Å². The fourth-order valence-corrected chi connectivity index (χ4v) is 4.49. The van der Waals surface area contributed by atoms with E-state index >= 15 is 0 Å². The van der Waals surface area contributed by atoms with Gasteiger partial charge >= 0.3 is 0 Å². The molecule has 2 saturated heterocycles. The number of aromatic nitrogens is 2. The summed E-state index contributed by atoms with van der Waals surface area (Å²) in [4.78, 5) is 28.4. The highest BCUT2D eigenvalue weighted by Crippen LogP contribution is 2.26. The Bertz CT molecular complexity index is 644. The van der Waals surface area contributed by atoms with Gasteiger partial charge in [-0.05, 0) is 38.0 Å². The molecular weight excluding hydrogens is 364 g/mol. The zero-order valence-corrected chi connectivity index (χ0v) is 18.4. The van der Waals surface area contributed by atoms with Crippen LogP contribution in [0.25, 0.3) is 0 Å². The Morgan fingerprint density at radius 3 is 2.72 bits per heavy atom. The highest BCUT2D eigenvalue weighted by atomic mass is 16.2. The van der Waals surface area contributed by atoms with Crippen molar-refractivity contribution in [2.24, 2.45) is 11.8 Å². The molecule has 29 heavy (non-hydrogen) atoms. The van der Waals surface area contributed by atoms with Crippen LogP contribution in [0.5, 0.6) is 0 Å². The van der Waals surface area contributed by atoms with Gasteiger partial charge in [0.05, 0.1) is 0 Å². The van der Waals surface area contributed by atoms with Gasteiger partial charge in [0.25, 0.3) is 0 Å². The first kappa shape index (κ1) is 21.8. The average Bonchev–Trinajstić information content (AvgIpc) is 2.73. The maximum atomic E-state index is 12.7. The molecule has 1 aromatic heterocycles. The number of hydrogen-bond donors (Lipinski definition) is 1. The molecule has 0 radical (unpaired) electrons. The first-order valence-electron chi connectivity index (χ1n) is 11.4. The smallest absolute Gasteiger partial charge is 0.222 e. The van der Waals surface area contributed by atoms with E-state index in [0.717, 1.165) is 76.8 Å². The van der Waals surface area contributed by atoms with Crippen molar-refractivity contribution >= 4 is 17.5 Å². The molecule has 3 rings (SSSR count). The molecule has 0 unspecified atom stereocenters. The molecule has 2 aliphatic rings. The third-order valence-electron chi connectivity index (χ3n) is 5.97. The van der Waals surface area contributed by atoms with Crippen LogP contribution in [-0.2, 0) is 4.79 Å². The Hall–Kier alpha value is -1.89. The van der Waals surface area contributed by atoms with Crippen molar-refractivity contribution in [2.45, 2.75) is 46.5 Å². The Morgan fingerprint density at radius 1 is 1.21 bits per heavy atom. The lowest BCUT2D eigenvalue weighted by Crippen LogP contribution is -2.49. The third kappa shape index (κ3) is 6.56. The zero-order valence-electron chi connectivity index (χ0n) is 18.4. The van der Waals surface area contributed by atoms with E-state index in [1.807, 2.05) is 6.07 Å². The van der Waals surface area contributed by atoms with E-state index < -0.39 is 0 Å². The van der Waals surface area contributed by atoms with E-state index in [4.69, 9.17) is 0 Å². The standard InChI is InChI=1S/C22H38N6O/c1-4-23-20-14-21(25-17-24-20)28-9-5-6-19(16-28)7-8-22(29)27-12-10-26(11-13-27)15-18(2)3/h14,17-19H,4-13,15-16H2,1-3H3,(H,23,24,25)/t19-/m1/s1. The van der Waals surface area contributed by atoms with Crippen LogP contribution in [-0.4, -0.2) is 78.0 Å². The van der Waals surface area contributed by atoms with Crippen molar-refractivity contribution in [3.63, 3.8) is 0 Å². The normalized spacial score (nSPS) is 20.9. The Kier molecular flexibility index (Phi) is 8.09. The lowest BCUT2D eigenvalue weighted by molar-refractivity contribution is -0.133. The zero-order chi connectivity index (χ0) is 20.6. The topological polar surface area (TPSA) is 64.6 Å². The number of amides is 1. The van der Waals surface area contributed by atoms with E-state index in [1.54, 1.807) is 6.33 Å². The first-order chi connectivity index (χ1) is 14.0. The van der Waals surface area contributed by atoms with Crippen molar-refractivity contribution in [1.82, 2.24) is 19.8 Å². The van der Waals surface area contributed by atoms with E-state index in [9.17, 15) is 4.79 Å². The van der Waals surface area contributed by atoms with Gasteiger partial charge in [0, 0.05) is 64.8 Å². The van der Waals surface area contributed by atoms with Gasteiger partial charge < -0.3 is 15.1 Å². The summed E-state index contributed by atoms with van der Waals surface area (Å²) in [6.07, 6.45) is 5.66. The number of nitrogens with one attached hydrogen (secondary N) is 1.